The van der Waals surface area contributed by atoms with Crippen molar-refractivity contribution in [2.75, 3.05) is 68.5 Å². The molecule has 3 N–H and O–H groups in total. The highest BCUT2D eigenvalue weighted by Crippen LogP contribution is 2.51. The Balaban J connectivity index is 0.865. The fourth-order valence-electron chi connectivity index (χ4n) is 8.80. The van der Waals surface area contributed by atoms with Crippen LogP contribution in [0.1, 0.15) is 44.8 Å². The largest absolute Gasteiger partial charge is 0.385 e. The van der Waals surface area contributed by atoms with Crippen LogP contribution >= 0.6 is 11.6 Å². The van der Waals surface area contributed by atoms with Crippen molar-refractivity contribution in [2.45, 2.75) is 31.7 Å². The lowest BCUT2D eigenvalue weighted by Gasteiger charge is -2.57. The van der Waals surface area contributed by atoms with Gasteiger partial charge < -0.3 is 20.4 Å². The summed E-state index contributed by atoms with van der Waals surface area (Å²) in [5, 5.41) is 12.9. The molecule has 19 heteroatoms. The number of urea groups is 1. The van der Waals surface area contributed by atoms with Gasteiger partial charge in [-0.2, -0.15) is 0 Å². The molecule has 0 atom stereocenters. The molecule has 3 fully saturated rings. The number of piperidine rings is 1. The summed E-state index contributed by atoms with van der Waals surface area (Å²) in [6, 6.07) is 12.4. The first kappa shape index (κ1) is 39.2. The number of rotatable bonds is 8. The van der Waals surface area contributed by atoms with Crippen LogP contribution in [0, 0.1) is 11.2 Å². The second-order valence-corrected chi connectivity index (χ2v) is 15.9. The molecule has 0 radical (unpaired) electrons. The molecule has 15 nitrogen and oxygen atoms in total. The number of anilines is 4. The number of benzene rings is 2. The van der Waals surface area contributed by atoms with E-state index in [2.05, 4.69) is 25.9 Å². The minimum atomic E-state index is -3.20. The summed E-state index contributed by atoms with van der Waals surface area (Å²) >= 11 is 6.33. The van der Waals surface area contributed by atoms with Crippen molar-refractivity contribution in [1.82, 2.24) is 40.0 Å². The van der Waals surface area contributed by atoms with Crippen LogP contribution in [0.15, 0.2) is 60.9 Å². The van der Waals surface area contributed by atoms with Crippen molar-refractivity contribution in [3.8, 4) is 11.3 Å². The third kappa shape index (κ3) is 6.53. The zero-order valence-corrected chi connectivity index (χ0v) is 33.3. The number of carbonyl (C=O) groups is 4. The fourth-order valence-corrected chi connectivity index (χ4v) is 9.02. The SMILES string of the molecule is CNC(=O)c1cnc2c(NC)cc(N3CCc4c(-c5ncc(CN6CC7(CCN(C(=O)c8ccc(Cl)c(N9CCC(=O)NC9=O)c8)CC7(F)F)C6)cc5F)cccc43)nn12. The molecule has 4 aliphatic rings. The molecule has 3 aromatic heterocycles. The molecule has 0 aliphatic carbocycles. The molecule has 0 saturated carbocycles. The van der Waals surface area contributed by atoms with Crippen LogP contribution < -0.4 is 25.8 Å². The Morgan fingerprint density at radius 3 is 2.47 bits per heavy atom. The minimum Gasteiger partial charge on any atom is -0.385 e. The molecule has 5 aromatic rings. The Hall–Kier alpha value is -6.27. The number of amides is 5. The Kier molecular flexibility index (Phi) is 9.65. The highest BCUT2D eigenvalue weighted by molar-refractivity contribution is 6.34. The van der Waals surface area contributed by atoms with Crippen LogP contribution in [0.2, 0.25) is 5.02 Å². The molecular formula is C41H39ClF3N11O4. The van der Waals surface area contributed by atoms with Gasteiger partial charge >= 0.3 is 6.03 Å². The van der Waals surface area contributed by atoms with Crippen molar-refractivity contribution in [3.63, 3.8) is 0 Å². The standard InChI is InChI=1S/C41H39ClF3N11O4/c1-46-29-16-33(51-56-32(37(58)47-2)18-49-36(29)56)54-11-8-25-26(4-3-5-30(25)54)35-28(43)14-23(17-48-35)19-52-20-40(21-52)10-13-53(22-41(40,44)45)38(59)24-6-7-27(42)31(15-24)55-12-9-34(57)50-39(55)60/h3-7,14-18,46H,8-13,19-22H2,1-2H3,(H,47,58)(H,50,57,60). The number of hydrogen-bond acceptors (Lipinski definition) is 10. The molecule has 60 heavy (non-hydrogen) atoms. The van der Waals surface area contributed by atoms with Gasteiger partial charge in [-0.3, -0.25) is 34.5 Å². The molecule has 1 spiro atoms. The van der Waals surface area contributed by atoms with Gasteiger partial charge in [-0.05, 0) is 54.3 Å². The molecule has 2 aromatic carbocycles. The summed E-state index contributed by atoms with van der Waals surface area (Å²) in [5.41, 5.74) is 3.50. The maximum atomic E-state index is 15.9. The van der Waals surface area contributed by atoms with E-state index in [1.54, 1.807) is 13.2 Å². The van der Waals surface area contributed by atoms with E-state index in [4.69, 9.17) is 16.7 Å². The average molecular weight is 842 g/mol. The van der Waals surface area contributed by atoms with E-state index in [-0.39, 0.29) is 79.1 Å². The number of imidazole rings is 1. The van der Waals surface area contributed by atoms with Crippen molar-refractivity contribution in [2.24, 2.45) is 5.41 Å². The van der Waals surface area contributed by atoms with Crippen molar-refractivity contribution >= 4 is 63.9 Å². The summed E-state index contributed by atoms with van der Waals surface area (Å²) in [4.78, 5) is 65.2. The van der Waals surface area contributed by atoms with Gasteiger partial charge in [0.2, 0.25) is 5.91 Å². The summed E-state index contributed by atoms with van der Waals surface area (Å²) < 4.78 is 49.3. The smallest absolute Gasteiger partial charge is 0.328 e. The fraction of sp³-hybridized carbons (Fsp3) is 0.341. The molecule has 4 aliphatic heterocycles. The number of pyridine rings is 1. The highest BCUT2D eigenvalue weighted by atomic mass is 35.5. The van der Waals surface area contributed by atoms with Gasteiger partial charge in [0.15, 0.2) is 17.2 Å². The van der Waals surface area contributed by atoms with E-state index in [1.807, 2.05) is 34.1 Å². The monoisotopic (exact) mass is 841 g/mol. The summed E-state index contributed by atoms with van der Waals surface area (Å²) in [6.45, 7) is 0.307. The first-order valence-electron chi connectivity index (χ1n) is 19.4. The number of halogens is 4. The lowest BCUT2D eigenvalue weighted by atomic mass is 9.69. The first-order valence-corrected chi connectivity index (χ1v) is 19.8. The van der Waals surface area contributed by atoms with E-state index in [9.17, 15) is 19.2 Å². The average Bonchev–Trinajstić information content (AvgIpc) is 3.85. The van der Waals surface area contributed by atoms with Gasteiger partial charge in [0.05, 0.1) is 34.6 Å². The Bertz CT molecular complexity index is 2620. The van der Waals surface area contributed by atoms with Gasteiger partial charge in [-0.25, -0.2) is 27.5 Å². The van der Waals surface area contributed by atoms with Crippen LogP contribution in [-0.2, 0) is 17.8 Å². The first-order chi connectivity index (χ1) is 28.8. The molecule has 5 amide bonds. The Morgan fingerprint density at radius 2 is 1.73 bits per heavy atom. The van der Waals surface area contributed by atoms with Gasteiger partial charge in [-0.15, -0.1) is 5.10 Å². The molecule has 3 saturated heterocycles. The van der Waals surface area contributed by atoms with E-state index in [0.717, 1.165) is 16.2 Å². The van der Waals surface area contributed by atoms with Crippen LogP contribution in [0.5, 0.6) is 0 Å². The minimum absolute atomic E-state index is 0.0528. The van der Waals surface area contributed by atoms with Gasteiger partial charge in [0.1, 0.15) is 11.5 Å². The number of alkyl halides is 2. The maximum absolute atomic E-state index is 15.9. The van der Waals surface area contributed by atoms with Crippen LogP contribution in [-0.4, -0.2) is 112 Å². The number of likely N-dealkylation sites (tertiary alicyclic amines) is 2. The Labute approximate surface area is 346 Å². The van der Waals surface area contributed by atoms with Gasteiger partial charge in [0.25, 0.3) is 17.7 Å². The van der Waals surface area contributed by atoms with Crippen molar-refractivity contribution in [1.29, 1.82) is 0 Å². The molecule has 310 valence electrons. The lowest BCUT2D eigenvalue weighted by Crippen LogP contribution is -2.70. The van der Waals surface area contributed by atoms with E-state index < -0.39 is 41.5 Å². The van der Waals surface area contributed by atoms with Crippen molar-refractivity contribution in [3.05, 3.63) is 94.1 Å². The predicted octanol–water partition coefficient (Wildman–Crippen LogP) is 5.11. The molecule has 0 unspecified atom stereocenters. The predicted molar refractivity (Wildman–Crippen MR) is 216 cm³/mol. The van der Waals surface area contributed by atoms with Crippen LogP contribution in [0.4, 0.5) is 40.8 Å². The van der Waals surface area contributed by atoms with Gasteiger partial charge in [-0.1, -0.05) is 23.7 Å². The zero-order chi connectivity index (χ0) is 42.1. The third-order valence-electron chi connectivity index (χ3n) is 12.0. The summed E-state index contributed by atoms with van der Waals surface area (Å²) in [7, 11) is 3.30. The quantitative estimate of drug-likeness (QED) is 0.192. The molecule has 0 bridgehead atoms. The van der Waals surface area contributed by atoms with E-state index in [1.165, 1.54) is 46.9 Å². The highest BCUT2D eigenvalue weighted by Gasteiger charge is 2.62. The second-order valence-electron chi connectivity index (χ2n) is 15.5. The van der Waals surface area contributed by atoms with E-state index in [0.29, 0.717) is 41.2 Å². The Morgan fingerprint density at radius 1 is 0.933 bits per heavy atom. The number of nitrogens with zero attached hydrogens (tertiary/aromatic N) is 8. The zero-order valence-electron chi connectivity index (χ0n) is 32.6. The lowest BCUT2D eigenvalue weighted by molar-refractivity contribution is -0.220. The topological polar surface area (TPSA) is 160 Å². The van der Waals surface area contributed by atoms with Crippen molar-refractivity contribution < 1.29 is 32.3 Å². The molecular weight excluding hydrogens is 803 g/mol. The molecule has 9 rings (SSSR count). The number of carbonyl (C=O) groups excluding carboxylic acids is 4. The number of fused-ring (bicyclic) bond motifs is 2. The third-order valence-corrected chi connectivity index (χ3v) is 12.3. The summed E-state index contributed by atoms with van der Waals surface area (Å²) in [5.74, 6) is -4.52. The van der Waals surface area contributed by atoms with Crippen LogP contribution in [0.3, 0.4) is 0 Å². The second kappa shape index (κ2) is 14.8. The molecule has 7 heterocycles. The number of nitrogens with one attached hydrogen (secondary N) is 3. The number of imide groups is 1. The summed E-state index contributed by atoms with van der Waals surface area (Å²) in [6.07, 6.45) is 3.75. The van der Waals surface area contributed by atoms with E-state index >= 15 is 13.2 Å². The number of hydrogen-bond donors (Lipinski definition) is 3. The maximum Gasteiger partial charge on any atom is 0.328 e. The van der Waals surface area contributed by atoms with Gasteiger partial charge in [0, 0.05) is 88.9 Å². The van der Waals surface area contributed by atoms with Crippen LogP contribution in [0.25, 0.3) is 16.9 Å². The number of aromatic nitrogens is 4. The normalized spacial score (nSPS) is 18.4.